The summed E-state index contributed by atoms with van der Waals surface area (Å²) in [6.45, 7) is 0.946. The molecule has 0 bridgehead atoms. The lowest BCUT2D eigenvalue weighted by Crippen LogP contribution is -2.22. The summed E-state index contributed by atoms with van der Waals surface area (Å²) in [5, 5.41) is 7.53. The number of aromatic nitrogens is 2. The maximum atomic E-state index is 12.2. The van der Waals surface area contributed by atoms with E-state index in [1.165, 1.54) is 24.2 Å². The van der Waals surface area contributed by atoms with E-state index in [9.17, 15) is 8.42 Å². The highest BCUT2D eigenvalue weighted by Gasteiger charge is 2.21. The second kappa shape index (κ2) is 5.88. The van der Waals surface area contributed by atoms with E-state index in [1.54, 1.807) is 30.1 Å². The van der Waals surface area contributed by atoms with E-state index in [0.717, 1.165) is 11.4 Å². The average Bonchev–Trinajstić information content (AvgIpc) is 2.97. The molecule has 0 radical (unpaired) electrons. The third kappa shape index (κ3) is 3.91. The highest BCUT2D eigenvalue weighted by atomic mass is 32.2. The molecule has 0 unspecified atom stereocenters. The molecule has 3 rings (SSSR count). The summed E-state index contributed by atoms with van der Waals surface area (Å²) >= 11 is 1.31. The molecule has 1 fully saturated rings. The Hall–Kier alpha value is -1.22. The van der Waals surface area contributed by atoms with Gasteiger partial charge in [0.25, 0.3) is 0 Å². The summed E-state index contributed by atoms with van der Waals surface area (Å²) in [6, 6.07) is 5.95. The number of hydrogen-bond acceptors (Lipinski definition) is 5. The fourth-order valence-electron chi connectivity index (χ4n) is 1.93. The van der Waals surface area contributed by atoms with E-state index in [0.29, 0.717) is 15.9 Å². The largest absolute Gasteiger partial charge is 0.309 e. The van der Waals surface area contributed by atoms with Gasteiger partial charge in [0.05, 0.1) is 12.2 Å². The molecule has 2 heterocycles. The van der Waals surface area contributed by atoms with Gasteiger partial charge in [0.1, 0.15) is 4.21 Å². The van der Waals surface area contributed by atoms with E-state index in [-0.39, 0.29) is 6.54 Å². The van der Waals surface area contributed by atoms with Crippen LogP contribution in [0.1, 0.15) is 23.4 Å². The topological polar surface area (TPSA) is 76.0 Å². The monoisotopic (exact) mass is 326 g/mol. The van der Waals surface area contributed by atoms with Crippen LogP contribution >= 0.6 is 11.3 Å². The molecule has 21 heavy (non-hydrogen) atoms. The summed E-state index contributed by atoms with van der Waals surface area (Å²) in [7, 11) is -1.66. The van der Waals surface area contributed by atoms with Crippen LogP contribution in [-0.2, 0) is 30.2 Å². The molecule has 2 N–H and O–H groups in total. The van der Waals surface area contributed by atoms with Gasteiger partial charge in [-0.1, -0.05) is 0 Å². The van der Waals surface area contributed by atoms with E-state index in [2.05, 4.69) is 15.1 Å². The smallest absolute Gasteiger partial charge is 0.250 e. The second-order valence-corrected chi connectivity index (χ2v) is 8.34. The van der Waals surface area contributed by atoms with Gasteiger partial charge in [0.15, 0.2) is 0 Å². The Morgan fingerprint density at radius 2 is 2.14 bits per heavy atom. The minimum atomic E-state index is -3.46. The first-order valence-electron chi connectivity index (χ1n) is 6.83. The first kappa shape index (κ1) is 14.7. The van der Waals surface area contributed by atoms with Crippen molar-refractivity contribution in [2.75, 3.05) is 0 Å². The van der Waals surface area contributed by atoms with Gasteiger partial charge in [-0.3, -0.25) is 4.68 Å². The van der Waals surface area contributed by atoms with Gasteiger partial charge in [-0.05, 0) is 31.0 Å². The number of sulfonamides is 1. The van der Waals surface area contributed by atoms with Gasteiger partial charge in [-0.25, -0.2) is 13.1 Å². The number of aryl methyl sites for hydroxylation is 1. The van der Waals surface area contributed by atoms with Crippen molar-refractivity contribution < 1.29 is 8.42 Å². The lowest BCUT2D eigenvalue weighted by atomic mass is 10.4. The predicted molar refractivity (Wildman–Crippen MR) is 81.4 cm³/mol. The Balaban J connectivity index is 1.60. The normalized spacial score (nSPS) is 15.5. The summed E-state index contributed by atoms with van der Waals surface area (Å²) in [6.07, 6.45) is 4.24. The zero-order chi connectivity index (χ0) is 14.9. The average molecular weight is 326 g/mol. The molecule has 1 aliphatic rings. The van der Waals surface area contributed by atoms with Crippen molar-refractivity contribution in [3.8, 4) is 0 Å². The number of hydrogen-bond donors (Lipinski definition) is 2. The predicted octanol–water partition coefficient (Wildman–Crippen LogP) is 1.21. The van der Waals surface area contributed by atoms with Gasteiger partial charge >= 0.3 is 0 Å². The van der Waals surface area contributed by atoms with Crippen LogP contribution in [0.3, 0.4) is 0 Å². The zero-order valence-electron chi connectivity index (χ0n) is 11.7. The summed E-state index contributed by atoms with van der Waals surface area (Å²) in [5.74, 6) is 0. The molecule has 2 aromatic rings. The number of thiophene rings is 1. The van der Waals surface area contributed by atoms with Crippen LogP contribution in [0.15, 0.2) is 28.6 Å². The Labute approximate surface area is 128 Å². The van der Waals surface area contributed by atoms with Crippen LogP contribution in [0.5, 0.6) is 0 Å². The number of nitrogens with one attached hydrogen (secondary N) is 2. The van der Waals surface area contributed by atoms with Gasteiger partial charge in [0, 0.05) is 30.7 Å². The highest BCUT2D eigenvalue weighted by molar-refractivity contribution is 7.91. The molecule has 6 nitrogen and oxygen atoms in total. The van der Waals surface area contributed by atoms with Crippen LogP contribution < -0.4 is 10.0 Å². The molecule has 0 saturated heterocycles. The highest BCUT2D eigenvalue weighted by Crippen LogP contribution is 2.24. The van der Waals surface area contributed by atoms with Crippen LogP contribution in [0.25, 0.3) is 0 Å². The van der Waals surface area contributed by atoms with E-state index in [1.807, 2.05) is 6.07 Å². The lowest BCUT2D eigenvalue weighted by Gasteiger charge is -2.02. The Morgan fingerprint density at radius 3 is 2.81 bits per heavy atom. The standard InChI is InChI=1S/C13H18N4O2S2/c1-17-7-6-11(16-17)8-15-21(18,19)13-5-4-12(20-13)9-14-10-2-3-10/h4-7,10,14-15H,2-3,8-9H2,1H3. The lowest BCUT2D eigenvalue weighted by molar-refractivity contribution is 0.581. The quantitative estimate of drug-likeness (QED) is 0.802. The van der Waals surface area contributed by atoms with Crippen molar-refractivity contribution >= 4 is 21.4 Å². The van der Waals surface area contributed by atoms with E-state index in [4.69, 9.17) is 0 Å². The molecular formula is C13H18N4O2S2. The summed E-state index contributed by atoms with van der Waals surface area (Å²) < 4.78 is 29.0. The minimum Gasteiger partial charge on any atom is -0.309 e. The molecule has 0 atom stereocenters. The summed E-state index contributed by atoms with van der Waals surface area (Å²) in [4.78, 5) is 1.04. The first-order chi connectivity index (χ1) is 10.0. The third-order valence-electron chi connectivity index (χ3n) is 3.26. The van der Waals surface area contributed by atoms with E-state index < -0.39 is 10.0 Å². The fourth-order valence-corrected chi connectivity index (χ4v) is 4.28. The minimum absolute atomic E-state index is 0.205. The van der Waals surface area contributed by atoms with E-state index >= 15 is 0 Å². The Kier molecular flexibility index (Phi) is 4.12. The van der Waals surface area contributed by atoms with Gasteiger partial charge < -0.3 is 5.32 Å². The molecule has 0 amide bonds. The van der Waals surface area contributed by atoms with Gasteiger partial charge in [-0.2, -0.15) is 5.10 Å². The van der Waals surface area contributed by atoms with Crippen molar-refractivity contribution in [3.63, 3.8) is 0 Å². The van der Waals surface area contributed by atoms with Crippen molar-refractivity contribution in [2.45, 2.75) is 36.2 Å². The number of nitrogens with zero attached hydrogens (tertiary/aromatic N) is 2. The van der Waals surface area contributed by atoms with Gasteiger partial charge in [0.2, 0.25) is 10.0 Å². The molecule has 1 aliphatic carbocycles. The molecule has 0 spiro atoms. The van der Waals surface area contributed by atoms with Crippen LogP contribution in [-0.4, -0.2) is 24.2 Å². The first-order valence-corrected chi connectivity index (χ1v) is 9.13. The molecule has 0 aromatic carbocycles. The zero-order valence-corrected chi connectivity index (χ0v) is 13.4. The third-order valence-corrected chi connectivity index (χ3v) is 6.23. The fraction of sp³-hybridized carbons (Fsp3) is 0.462. The molecule has 114 valence electrons. The molecular weight excluding hydrogens is 308 g/mol. The van der Waals surface area contributed by atoms with Crippen molar-refractivity contribution in [1.82, 2.24) is 19.8 Å². The molecule has 8 heteroatoms. The molecule has 0 aliphatic heterocycles. The Morgan fingerprint density at radius 1 is 1.33 bits per heavy atom. The van der Waals surface area contributed by atoms with Crippen molar-refractivity contribution in [1.29, 1.82) is 0 Å². The summed E-state index contributed by atoms with van der Waals surface area (Å²) in [5.41, 5.74) is 0.702. The van der Waals surface area contributed by atoms with Crippen LogP contribution in [0.4, 0.5) is 0 Å². The van der Waals surface area contributed by atoms with Gasteiger partial charge in [-0.15, -0.1) is 11.3 Å². The second-order valence-electron chi connectivity index (χ2n) is 5.18. The number of rotatable bonds is 7. The molecule has 1 saturated carbocycles. The van der Waals surface area contributed by atoms with Crippen molar-refractivity contribution in [3.05, 3.63) is 35.0 Å². The maximum Gasteiger partial charge on any atom is 0.250 e. The van der Waals surface area contributed by atoms with Crippen LogP contribution in [0, 0.1) is 0 Å². The Bertz CT molecular complexity index is 716. The maximum absolute atomic E-state index is 12.2. The van der Waals surface area contributed by atoms with Crippen molar-refractivity contribution in [2.24, 2.45) is 7.05 Å². The SMILES string of the molecule is Cn1ccc(CNS(=O)(=O)c2ccc(CNC3CC3)s2)n1. The molecule has 2 aromatic heterocycles. The van der Waals surface area contributed by atoms with Crippen LogP contribution in [0.2, 0.25) is 0 Å².